The van der Waals surface area contributed by atoms with E-state index in [9.17, 15) is 14.4 Å². The van der Waals surface area contributed by atoms with E-state index in [0.29, 0.717) is 42.9 Å². The quantitative estimate of drug-likeness (QED) is 0.767. The number of fused-ring (bicyclic) bond motifs is 1. The van der Waals surface area contributed by atoms with Gasteiger partial charge in [0.1, 0.15) is 0 Å². The number of carbonyl (C=O) groups excluding carboxylic acids is 3. The Morgan fingerprint density at radius 2 is 2.04 bits per heavy atom. The minimum Gasteiger partial charge on any atom is -0.376 e. The third-order valence-electron chi connectivity index (χ3n) is 5.97. The second-order valence-corrected chi connectivity index (χ2v) is 8.11. The maximum Gasteiger partial charge on any atom is 0.261 e. The molecule has 28 heavy (non-hydrogen) atoms. The molecule has 0 spiro atoms. The smallest absolute Gasteiger partial charge is 0.261 e. The number of amides is 3. The molecule has 8 heteroatoms. The Balaban J connectivity index is 0.00000225. The minimum atomic E-state index is -0.339. The number of hydrogen-bond acceptors (Lipinski definition) is 5. The number of rotatable bonds is 4. The van der Waals surface area contributed by atoms with Crippen molar-refractivity contribution in [3.8, 4) is 0 Å². The largest absolute Gasteiger partial charge is 0.376 e. The first-order valence-electron chi connectivity index (χ1n) is 9.53. The van der Waals surface area contributed by atoms with Gasteiger partial charge < -0.3 is 15.4 Å². The molecule has 3 amide bonds. The summed E-state index contributed by atoms with van der Waals surface area (Å²) in [6, 6.07) is 4.79. The van der Waals surface area contributed by atoms with Crippen LogP contribution in [0, 0.1) is 5.41 Å². The Morgan fingerprint density at radius 3 is 2.68 bits per heavy atom. The monoisotopic (exact) mass is 407 g/mol. The number of ether oxygens (including phenoxy) is 1. The number of imide groups is 1. The van der Waals surface area contributed by atoms with Gasteiger partial charge in [-0.05, 0) is 49.4 Å². The van der Waals surface area contributed by atoms with E-state index >= 15 is 0 Å². The van der Waals surface area contributed by atoms with Crippen LogP contribution in [0.25, 0.3) is 0 Å². The summed E-state index contributed by atoms with van der Waals surface area (Å²) in [5.74, 6) is -0.762. The molecular weight excluding hydrogens is 382 g/mol. The van der Waals surface area contributed by atoms with Crippen molar-refractivity contribution in [2.75, 3.05) is 32.8 Å². The van der Waals surface area contributed by atoms with Crippen molar-refractivity contribution in [1.29, 1.82) is 0 Å². The number of carbonyl (C=O) groups is 3. The average Bonchev–Trinajstić information content (AvgIpc) is 3.38. The molecule has 0 aromatic heterocycles. The number of halogens is 1. The number of benzene rings is 1. The van der Waals surface area contributed by atoms with Crippen molar-refractivity contribution in [3.05, 3.63) is 34.9 Å². The number of hydrogen-bond donors (Lipinski definition) is 1. The lowest BCUT2D eigenvalue weighted by atomic mass is 9.90. The van der Waals surface area contributed by atoms with Crippen molar-refractivity contribution in [2.24, 2.45) is 11.1 Å². The van der Waals surface area contributed by atoms with Crippen LogP contribution in [0.5, 0.6) is 0 Å². The summed E-state index contributed by atoms with van der Waals surface area (Å²) >= 11 is 0. The van der Waals surface area contributed by atoms with E-state index in [1.807, 2.05) is 0 Å². The Morgan fingerprint density at radius 1 is 1.29 bits per heavy atom. The summed E-state index contributed by atoms with van der Waals surface area (Å²) < 4.78 is 5.55. The first kappa shape index (κ1) is 20.8. The zero-order valence-electron chi connectivity index (χ0n) is 16.0. The predicted molar refractivity (Wildman–Crippen MR) is 106 cm³/mol. The molecule has 152 valence electrons. The van der Waals surface area contributed by atoms with Crippen LogP contribution >= 0.6 is 12.4 Å². The Hall–Kier alpha value is -1.96. The first-order valence-corrected chi connectivity index (χ1v) is 9.53. The van der Waals surface area contributed by atoms with Gasteiger partial charge in [-0.15, -0.1) is 12.4 Å². The highest BCUT2D eigenvalue weighted by Gasteiger charge is 2.39. The Labute approximate surface area is 170 Å². The molecule has 3 aliphatic heterocycles. The standard InChI is InChI=1S/C20H25N3O4.ClH/c1-20(11-21)6-7-22(12-20)17(24)13-4-5-15-16(9-13)19(26)23(18(15)25)10-14-3-2-8-27-14;/h4-5,9,14H,2-3,6-8,10-12,21H2,1H3;1H. The van der Waals surface area contributed by atoms with E-state index in [4.69, 9.17) is 10.5 Å². The SMILES string of the molecule is CC1(CN)CCN(C(=O)c2ccc3c(c2)C(=O)N(CC2CCCO2)C3=O)C1.Cl. The average molecular weight is 408 g/mol. The van der Waals surface area contributed by atoms with Crippen LogP contribution in [-0.4, -0.2) is 66.4 Å². The van der Waals surface area contributed by atoms with Crippen LogP contribution in [0.15, 0.2) is 18.2 Å². The summed E-state index contributed by atoms with van der Waals surface area (Å²) in [7, 11) is 0. The minimum absolute atomic E-state index is 0. The van der Waals surface area contributed by atoms with Crippen LogP contribution < -0.4 is 5.73 Å². The Kier molecular flexibility index (Phi) is 5.79. The third kappa shape index (κ3) is 3.54. The highest BCUT2D eigenvalue weighted by molar-refractivity contribution is 6.22. The fraction of sp³-hybridized carbons (Fsp3) is 0.550. The molecule has 2 fully saturated rings. The van der Waals surface area contributed by atoms with Crippen LogP contribution in [0.3, 0.4) is 0 Å². The number of nitrogens with zero attached hydrogens (tertiary/aromatic N) is 2. The van der Waals surface area contributed by atoms with E-state index in [1.54, 1.807) is 23.1 Å². The maximum atomic E-state index is 12.9. The summed E-state index contributed by atoms with van der Waals surface area (Å²) in [4.78, 5) is 41.2. The van der Waals surface area contributed by atoms with Gasteiger partial charge in [0.2, 0.25) is 0 Å². The Bertz CT molecular complexity index is 809. The molecule has 2 N–H and O–H groups in total. The van der Waals surface area contributed by atoms with E-state index in [0.717, 1.165) is 19.3 Å². The highest BCUT2D eigenvalue weighted by atomic mass is 35.5. The molecule has 0 saturated carbocycles. The van der Waals surface area contributed by atoms with Crippen molar-refractivity contribution in [1.82, 2.24) is 9.80 Å². The summed E-state index contributed by atoms with van der Waals surface area (Å²) in [5.41, 5.74) is 6.88. The van der Waals surface area contributed by atoms with Crippen molar-refractivity contribution < 1.29 is 19.1 Å². The summed E-state index contributed by atoms with van der Waals surface area (Å²) in [5, 5.41) is 0. The normalized spacial score (nSPS) is 26.6. The van der Waals surface area contributed by atoms with E-state index in [2.05, 4.69) is 6.92 Å². The molecule has 0 aliphatic carbocycles. The molecule has 0 bridgehead atoms. The van der Waals surface area contributed by atoms with Crippen LogP contribution in [0.4, 0.5) is 0 Å². The topological polar surface area (TPSA) is 92.9 Å². The fourth-order valence-corrected chi connectivity index (χ4v) is 4.13. The highest BCUT2D eigenvalue weighted by Crippen LogP contribution is 2.31. The lowest BCUT2D eigenvalue weighted by Crippen LogP contribution is -2.36. The van der Waals surface area contributed by atoms with Gasteiger partial charge in [0.05, 0.1) is 23.8 Å². The maximum absolute atomic E-state index is 12.9. The van der Waals surface area contributed by atoms with Crippen molar-refractivity contribution in [2.45, 2.75) is 32.3 Å². The predicted octanol–water partition coefficient (Wildman–Crippen LogP) is 1.69. The molecule has 2 atom stereocenters. The molecule has 3 heterocycles. The van der Waals surface area contributed by atoms with Crippen LogP contribution in [-0.2, 0) is 4.74 Å². The van der Waals surface area contributed by atoms with Crippen LogP contribution in [0.2, 0.25) is 0 Å². The van der Waals surface area contributed by atoms with Crippen molar-refractivity contribution in [3.63, 3.8) is 0 Å². The van der Waals surface area contributed by atoms with Crippen molar-refractivity contribution >= 4 is 30.1 Å². The van der Waals surface area contributed by atoms with Gasteiger partial charge >= 0.3 is 0 Å². The molecule has 7 nitrogen and oxygen atoms in total. The molecule has 1 aromatic rings. The van der Waals surface area contributed by atoms with Gasteiger partial charge in [-0.2, -0.15) is 0 Å². The molecule has 4 rings (SSSR count). The summed E-state index contributed by atoms with van der Waals surface area (Å²) in [6.07, 6.45) is 2.58. The molecule has 2 unspecified atom stereocenters. The van der Waals surface area contributed by atoms with Gasteiger partial charge in [-0.1, -0.05) is 6.92 Å². The molecule has 1 aromatic carbocycles. The fourth-order valence-electron chi connectivity index (χ4n) is 4.13. The lowest BCUT2D eigenvalue weighted by Gasteiger charge is -2.22. The molecule has 0 radical (unpaired) electrons. The van der Waals surface area contributed by atoms with Gasteiger partial charge in [0.25, 0.3) is 17.7 Å². The van der Waals surface area contributed by atoms with E-state index < -0.39 is 0 Å². The number of nitrogens with two attached hydrogens (primary N) is 1. The zero-order chi connectivity index (χ0) is 19.2. The lowest BCUT2D eigenvalue weighted by molar-refractivity contribution is 0.0475. The van der Waals surface area contributed by atoms with Gasteiger partial charge in [-0.25, -0.2) is 0 Å². The zero-order valence-corrected chi connectivity index (χ0v) is 16.8. The molecule has 2 saturated heterocycles. The second-order valence-electron chi connectivity index (χ2n) is 8.11. The first-order chi connectivity index (χ1) is 12.9. The van der Waals surface area contributed by atoms with Gasteiger partial charge in [0, 0.05) is 25.3 Å². The van der Waals surface area contributed by atoms with Gasteiger partial charge in [0.15, 0.2) is 0 Å². The van der Waals surface area contributed by atoms with Gasteiger partial charge in [-0.3, -0.25) is 19.3 Å². The second kappa shape index (κ2) is 7.81. The summed E-state index contributed by atoms with van der Waals surface area (Å²) in [6.45, 7) is 4.82. The van der Waals surface area contributed by atoms with Crippen LogP contribution in [0.1, 0.15) is 57.3 Å². The number of likely N-dealkylation sites (tertiary alicyclic amines) is 1. The molecular formula is C20H26ClN3O4. The third-order valence-corrected chi connectivity index (χ3v) is 5.97. The van der Waals surface area contributed by atoms with E-state index in [-0.39, 0.29) is 48.2 Å². The van der Waals surface area contributed by atoms with E-state index in [1.165, 1.54) is 4.90 Å². The molecule has 3 aliphatic rings.